The van der Waals surface area contributed by atoms with Gasteiger partial charge >= 0.3 is 0 Å². The third kappa shape index (κ3) is 5.82. The molecule has 0 saturated carbocycles. The van der Waals surface area contributed by atoms with Crippen LogP contribution in [0.15, 0.2) is 54.7 Å². The normalized spacial score (nSPS) is 14.7. The molecule has 0 spiro atoms. The lowest BCUT2D eigenvalue weighted by Gasteiger charge is -2.33. The van der Waals surface area contributed by atoms with Crippen molar-refractivity contribution >= 4 is 27.3 Å². The molecule has 0 fully saturated rings. The Morgan fingerprint density at radius 3 is 2.78 bits per heavy atom. The second-order valence-corrected chi connectivity index (χ2v) is 11.4. The maximum Gasteiger partial charge on any atom is 0.257 e. The van der Waals surface area contributed by atoms with Crippen molar-refractivity contribution in [1.29, 1.82) is 0 Å². The highest BCUT2D eigenvalue weighted by atomic mass is 32.1. The molecule has 45 heavy (non-hydrogen) atoms. The summed E-state index contributed by atoms with van der Waals surface area (Å²) >= 11 is 1.31. The number of benzene rings is 1. The van der Waals surface area contributed by atoms with Crippen molar-refractivity contribution < 1.29 is 31.8 Å². The van der Waals surface area contributed by atoms with Crippen molar-refractivity contribution in [2.75, 3.05) is 20.3 Å². The summed E-state index contributed by atoms with van der Waals surface area (Å²) in [4.78, 5) is 19.2. The van der Waals surface area contributed by atoms with Crippen molar-refractivity contribution in [3.63, 3.8) is 0 Å². The lowest BCUT2D eigenvalue weighted by molar-refractivity contribution is -0.129. The molecule has 0 saturated heterocycles. The number of pyridine rings is 1. The van der Waals surface area contributed by atoms with Gasteiger partial charge in [0.1, 0.15) is 41.9 Å². The molecule has 1 aliphatic heterocycles. The molecule has 234 valence electrons. The molecule has 1 aromatic carbocycles. The molecule has 4 aromatic heterocycles. The fraction of sp³-hybridized carbons (Fsp3) is 0.290. The number of methoxy groups -OCH3 is 1. The SMILES string of the molecule is C=CC(=O)N1Cc2cc(-c3nc(-c4cnn(CC(F)F)c4)c4ccsc4c3-c3c(F)cc(F)cc3OCCOC)nn2CC1C. The van der Waals surface area contributed by atoms with E-state index in [0.717, 1.165) is 22.5 Å². The van der Waals surface area contributed by atoms with Gasteiger partial charge in [0.2, 0.25) is 5.91 Å². The van der Waals surface area contributed by atoms with Crippen molar-refractivity contribution in [3.8, 4) is 39.5 Å². The van der Waals surface area contributed by atoms with E-state index in [4.69, 9.17) is 19.6 Å². The molecular weight excluding hydrogens is 612 g/mol. The molecule has 0 N–H and O–H groups in total. The molecule has 1 amide bonds. The molecule has 14 heteroatoms. The average Bonchev–Trinajstić information content (AvgIpc) is 3.75. The van der Waals surface area contributed by atoms with Gasteiger partial charge < -0.3 is 14.4 Å². The number of hydrogen-bond donors (Lipinski definition) is 0. The van der Waals surface area contributed by atoms with Gasteiger partial charge in [-0.1, -0.05) is 6.58 Å². The first-order valence-electron chi connectivity index (χ1n) is 14.0. The Morgan fingerprint density at radius 2 is 2.02 bits per heavy atom. The van der Waals surface area contributed by atoms with Gasteiger partial charge in [0.15, 0.2) is 0 Å². The van der Waals surface area contributed by atoms with Gasteiger partial charge in [0, 0.05) is 52.7 Å². The van der Waals surface area contributed by atoms with Crippen LogP contribution in [0.4, 0.5) is 17.6 Å². The minimum atomic E-state index is -2.60. The summed E-state index contributed by atoms with van der Waals surface area (Å²) < 4.78 is 71.1. The molecule has 5 heterocycles. The number of thiophene rings is 1. The molecule has 0 bridgehead atoms. The quantitative estimate of drug-likeness (QED) is 0.103. The predicted octanol–water partition coefficient (Wildman–Crippen LogP) is 6.18. The molecular formula is C31H28F4N6O3S. The number of amides is 1. The number of carbonyl (C=O) groups excluding carboxylic acids is 1. The van der Waals surface area contributed by atoms with Crippen LogP contribution in [0.5, 0.6) is 5.75 Å². The van der Waals surface area contributed by atoms with Crippen molar-refractivity contribution in [2.45, 2.75) is 39.0 Å². The average molecular weight is 641 g/mol. The van der Waals surface area contributed by atoms with Gasteiger partial charge in [-0.05, 0) is 30.5 Å². The summed E-state index contributed by atoms with van der Waals surface area (Å²) in [6, 6.07) is 5.29. The highest BCUT2D eigenvalue weighted by molar-refractivity contribution is 7.18. The monoisotopic (exact) mass is 640 g/mol. The van der Waals surface area contributed by atoms with Gasteiger partial charge in [-0.25, -0.2) is 22.5 Å². The number of alkyl halides is 2. The largest absolute Gasteiger partial charge is 0.490 e. The highest BCUT2D eigenvalue weighted by Gasteiger charge is 2.30. The summed E-state index contributed by atoms with van der Waals surface area (Å²) in [6.07, 6.45) is 1.58. The van der Waals surface area contributed by atoms with Gasteiger partial charge in [-0.3, -0.25) is 14.2 Å². The smallest absolute Gasteiger partial charge is 0.257 e. The first kappa shape index (κ1) is 30.5. The molecule has 5 aromatic rings. The topological polar surface area (TPSA) is 87.3 Å². The van der Waals surface area contributed by atoms with Crippen LogP contribution < -0.4 is 4.74 Å². The van der Waals surface area contributed by atoms with E-state index in [1.165, 1.54) is 36.9 Å². The Kier molecular flexibility index (Phi) is 8.42. The van der Waals surface area contributed by atoms with Crippen LogP contribution in [0.2, 0.25) is 0 Å². The Balaban J connectivity index is 1.60. The first-order chi connectivity index (χ1) is 21.7. The van der Waals surface area contributed by atoms with Crippen LogP contribution in [0, 0.1) is 11.6 Å². The van der Waals surface area contributed by atoms with Gasteiger partial charge in [-0.2, -0.15) is 10.2 Å². The van der Waals surface area contributed by atoms with Gasteiger partial charge in [0.25, 0.3) is 6.43 Å². The number of carbonyl (C=O) groups is 1. The van der Waals surface area contributed by atoms with Gasteiger partial charge in [-0.15, -0.1) is 11.3 Å². The zero-order valence-corrected chi connectivity index (χ0v) is 25.2. The minimum absolute atomic E-state index is 0.00907. The van der Waals surface area contributed by atoms with E-state index in [2.05, 4.69) is 11.7 Å². The number of rotatable bonds is 10. The summed E-state index contributed by atoms with van der Waals surface area (Å²) in [6.45, 7) is 5.79. The Hall–Kier alpha value is -4.56. The number of hydrogen-bond acceptors (Lipinski definition) is 7. The molecule has 1 aliphatic rings. The highest BCUT2D eigenvalue weighted by Crippen LogP contribution is 2.47. The third-order valence-electron chi connectivity index (χ3n) is 7.52. The molecule has 0 aliphatic carbocycles. The van der Waals surface area contributed by atoms with Crippen LogP contribution in [0.1, 0.15) is 12.6 Å². The summed E-state index contributed by atoms with van der Waals surface area (Å²) in [7, 11) is 1.49. The Bertz CT molecular complexity index is 1900. The minimum Gasteiger partial charge on any atom is -0.490 e. The Labute approximate surface area is 259 Å². The van der Waals surface area contributed by atoms with E-state index >= 15 is 4.39 Å². The lowest BCUT2D eigenvalue weighted by atomic mass is 9.97. The number of ether oxygens (including phenoxy) is 2. The van der Waals surface area contributed by atoms with Crippen molar-refractivity contribution in [2.24, 2.45) is 0 Å². The molecule has 6 rings (SSSR count). The predicted molar refractivity (Wildman–Crippen MR) is 161 cm³/mol. The third-order valence-corrected chi connectivity index (χ3v) is 8.45. The van der Waals surface area contributed by atoms with Crippen molar-refractivity contribution in [3.05, 3.63) is 72.0 Å². The lowest BCUT2D eigenvalue weighted by Crippen LogP contribution is -2.44. The number of aromatic nitrogens is 5. The second-order valence-electron chi connectivity index (χ2n) is 10.5. The summed E-state index contributed by atoms with van der Waals surface area (Å²) in [5, 5.41) is 11.3. The van der Waals surface area contributed by atoms with Crippen LogP contribution >= 0.6 is 11.3 Å². The first-order valence-corrected chi connectivity index (χ1v) is 14.9. The van der Waals surface area contributed by atoms with Crippen molar-refractivity contribution in [1.82, 2.24) is 29.4 Å². The van der Waals surface area contributed by atoms with Crippen LogP contribution in [0.25, 0.3) is 43.9 Å². The second kappa shape index (κ2) is 12.4. The van der Waals surface area contributed by atoms with E-state index in [1.54, 1.807) is 27.1 Å². The van der Waals surface area contributed by atoms with E-state index in [9.17, 15) is 18.0 Å². The fourth-order valence-electron chi connectivity index (χ4n) is 5.48. The Morgan fingerprint density at radius 1 is 1.20 bits per heavy atom. The van der Waals surface area contributed by atoms with Crippen LogP contribution in [-0.4, -0.2) is 68.1 Å². The molecule has 0 radical (unpaired) electrons. The maximum absolute atomic E-state index is 15.9. The molecule has 1 atom stereocenters. The van der Waals surface area contributed by atoms with Crippen LogP contribution in [0.3, 0.4) is 0 Å². The van der Waals surface area contributed by atoms with Gasteiger partial charge in [0.05, 0.1) is 42.8 Å². The molecule has 9 nitrogen and oxygen atoms in total. The fourth-order valence-corrected chi connectivity index (χ4v) is 6.43. The standard InChI is InChI=1S/C31H28F4N6O3S/c1-4-26(42)40-15-20-11-23(38-41(20)13-17(40)2)30-28(27-22(33)9-19(32)10-24(27)44-7-6-43-3)31-21(5-8-45-31)29(37-30)18-12-36-39(14-18)16-25(34)35/h4-5,8-12,14,17,25H,1,6-7,13,15-16H2,2-3H3. The summed E-state index contributed by atoms with van der Waals surface area (Å²) in [5.41, 5.74) is 2.59. The zero-order chi connectivity index (χ0) is 31.8. The van der Waals surface area contributed by atoms with Crippen LogP contribution in [-0.2, 0) is 29.2 Å². The zero-order valence-electron chi connectivity index (χ0n) is 24.3. The number of fused-ring (bicyclic) bond motifs is 2. The van der Waals surface area contributed by atoms with E-state index < -0.39 is 24.6 Å². The van der Waals surface area contributed by atoms with E-state index in [1.807, 2.05) is 6.92 Å². The van der Waals surface area contributed by atoms with E-state index in [-0.39, 0.29) is 48.7 Å². The summed E-state index contributed by atoms with van der Waals surface area (Å²) in [5.74, 6) is -1.94. The molecule has 1 unspecified atom stereocenters. The number of nitrogens with zero attached hydrogens (tertiary/aromatic N) is 6. The van der Waals surface area contributed by atoms with E-state index in [0.29, 0.717) is 39.1 Å². The maximum atomic E-state index is 15.9. The number of halogens is 4.